The number of likely N-dealkylation sites (tertiary alicyclic amines) is 1. The molecule has 2 saturated heterocycles. The number of nitrogens with zero attached hydrogens (tertiary/aromatic N) is 2. The van der Waals surface area contributed by atoms with Crippen LogP contribution in [0, 0.1) is 17.2 Å². The van der Waals surface area contributed by atoms with E-state index >= 15 is 0 Å². The van der Waals surface area contributed by atoms with E-state index in [0.717, 1.165) is 37.1 Å². The monoisotopic (exact) mass is 300 g/mol. The predicted molar refractivity (Wildman–Crippen MR) is 84.1 cm³/mol. The fraction of sp³-hybridized carbons (Fsp3) is 0.611. The molecule has 0 aliphatic carbocycles. The standard InChI is InChI=1S/C18H24N2O2/c1-18(21)8-10-22-13-16(18)17-7-4-9-20(17)12-15-6-3-2-5-14(15)11-19/h2-3,5-6,16-17,21H,4,7-10,12-13H2,1H3/t16-,17+,18+/m1/s1. The van der Waals surface area contributed by atoms with Crippen molar-refractivity contribution in [3.63, 3.8) is 0 Å². The Bertz CT molecular complexity index is 564. The number of rotatable bonds is 3. The third-order valence-electron chi connectivity index (χ3n) is 5.24. The van der Waals surface area contributed by atoms with E-state index in [1.165, 1.54) is 0 Å². The molecule has 118 valence electrons. The van der Waals surface area contributed by atoms with Gasteiger partial charge < -0.3 is 9.84 Å². The van der Waals surface area contributed by atoms with E-state index in [9.17, 15) is 10.4 Å². The SMILES string of the molecule is C[C@]1(O)CCOC[C@@H]1[C@@H]1CCCN1Cc1ccccc1C#N. The van der Waals surface area contributed by atoms with Crippen LogP contribution in [0.4, 0.5) is 0 Å². The van der Waals surface area contributed by atoms with Crippen molar-refractivity contribution in [1.29, 1.82) is 5.26 Å². The lowest BCUT2D eigenvalue weighted by Gasteiger charge is -2.43. The minimum absolute atomic E-state index is 0.151. The predicted octanol–water partition coefficient (Wildman–Crippen LogP) is 2.31. The molecule has 1 N–H and O–H groups in total. The summed E-state index contributed by atoms with van der Waals surface area (Å²) in [5.41, 5.74) is 1.17. The lowest BCUT2D eigenvalue weighted by molar-refractivity contribution is -0.123. The molecule has 0 unspecified atom stereocenters. The molecule has 22 heavy (non-hydrogen) atoms. The quantitative estimate of drug-likeness (QED) is 0.930. The number of ether oxygens (including phenoxy) is 1. The van der Waals surface area contributed by atoms with Crippen molar-refractivity contribution in [2.75, 3.05) is 19.8 Å². The Kier molecular flexibility index (Phi) is 4.49. The molecule has 2 aliphatic heterocycles. The number of benzene rings is 1. The highest BCUT2D eigenvalue weighted by Gasteiger charge is 2.44. The van der Waals surface area contributed by atoms with Crippen LogP contribution in [0.3, 0.4) is 0 Å². The van der Waals surface area contributed by atoms with Gasteiger partial charge in [0.25, 0.3) is 0 Å². The molecule has 0 radical (unpaired) electrons. The van der Waals surface area contributed by atoms with Gasteiger partial charge in [-0.3, -0.25) is 4.90 Å². The Labute approximate surface area is 132 Å². The largest absolute Gasteiger partial charge is 0.390 e. The van der Waals surface area contributed by atoms with Crippen molar-refractivity contribution >= 4 is 0 Å². The Morgan fingerprint density at radius 2 is 2.27 bits per heavy atom. The molecular weight excluding hydrogens is 276 g/mol. The van der Waals surface area contributed by atoms with Gasteiger partial charge in [0.05, 0.1) is 23.8 Å². The van der Waals surface area contributed by atoms with Gasteiger partial charge >= 0.3 is 0 Å². The summed E-state index contributed by atoms with van der Waals surface area (Å²) in [7, 11) is 0. The first kappa shape index (κ1) is 15.5. The maximum Gasteiger partial charge on any atom is 0.0995 e. The second-order valence-corrected chi connectivity index (χ2v) is 6.74. The zero-order valence-corrected chi connectivity index (χ0v) is 13.2. The zero-order valence-electron chi connectivity index (χ0n) is 13.2. The van der Waals surface area contributed by atoms with E-state index in [1.807, 2.05) is 31.2 Å². The highest BCUT2D eigenvalue weighted by Crippen LogP contribution is 2.36. The van der Waals surface area contributed by atoms with Crippen molar-refractivity contribution in [2.45, 2.75) is 44.4 Å². The summed E-state index contributed by atoms with van der Waals surface area (Å²) in [5.74, 6) is 0.151. The third-order valence-corrected chi connectivity index (χ3v) is 5.24. The molecule has 0 spiro atoms. The first-order valence-electron chi connectivity index (χ1n) is 8.14. The zero-order chi connectivity index (χ0) is 15.6. The molecule has 0 aromatic heterocycles. The summed E-state index contributed by atoms with van der Waals surface area (Å²) in [4.78, 5) is 2.42. The number of hydrogen-bond acceptors (Lipinski definition) is 4. The molecule has 0 saturated carbocycles. The van der Waals surface area contributed by atoms with Gasteiger partial charge in [0.1, 0.15) is 0 Å². The van der Waals surface area contributed by atoms with Crippen molar-refractivity contribution in [3.8, 4) is 6.07 Å². The highest BCUT2D eigenvalue weighted by molar-refractivity contribution is 5.37. The van der Waals surface area contributed by atoms with Gasteiger partial charge in [-0.2, -0.15) is 5.26 Å². The normalized spacial score (nSPS) is 32.8. The highest BCUT2D eigenvalue weighted by atomic mass is 16.5. The van der Waals surface area contributed by atoms with Crippen molar-refractivity contribution < 1.29 is 9.84 Å². The molecule has 4 nitrogen and oxygen atoms in total. The summed E-state index contributed by atoms with van der Waals surface area (Å²) in [6.07, 6.45) is 2.95. The average molecular weight is 300 g/mol. The molecule has 2 heterocycles. The van der Waals surface area contributed by atoms with Gasteiger partial charge in [0, 0.05) is 25.1 Å². The molecule has 0 amide bonds. The van der Waals surface area contributed by atoms with Gasteiger partial charge in [0.2, 0.25) is 0 Å². The van der Waals surface area contributed by atoms with Gasteiger partial charge in [-0.05, 0) is 44.4 Å². The first-order valence-corrected chi connectivity index (χ1v) is 8.14. The van der Waals surface area contributed by atoms with E-state index < -0.39 is 5.60 Å². The third kappa shape index (κ3) is 3.03. The lowest BCUT2D eigenvalue weighted by atomic mass is 9.79. The van der Waals surface area contributed by atoms with E-state index in [1.54, 1.807) is 0 Å². The van der Waals surface area contributed by atoms with Crippen LogP contribution in [0.15, 0.2) is 24.3 Å². The van der Waals surface area contributed by atoms with Crippen LogP contribution in [0.1, 0.15) is 37.3 Å². The van der Waals surface area contributed by atoms with E-state index in [-0.39, 0.29) is 5.92 Å². The Morgan fingerprint density at radius 1 is 1.45 bits per heavy atom. The Hall–Kier alpha value is -1.41. The van der Waals surface area contributed by atoms with E-state index in [2.05, 4.69) is 11.0 Å². The van der Waals surface area contributed by atoms with Crippen molar-refractivity contribution in [2.24, 2.45) is 5.92 Å². The van der Waals surface area contributed by atoms with Crippen LogP contribution in [-0.4, -0.2) is 41.4 Å². The molecule has 2 aliphatic rings. The molecule has 2 fully saturated rings. The van der Waals surface area contributed by atoms with Crippen LogP contribution in [-0.2, 0) is 11.3 Å². The minimum Gasteiger partial charge on any atom is -0.390 e. The summed E-state index contributed by atoms with van der Waals surface area (Å²) < 4.78 is 5.63. The summed E-state index contributed by atoms with van der Waals surface area (Å²) in [6, 6.07) is 10.4. The first-order chi connectivity index (χ1) is 10.6. The molecule has 0 bridgehead atoms. The topological polar surface area (TPSA) is 56.5 Å². The molecule has 3 atom stereocenters. The number of aliphatic hydroxyl groups is 1. The van der Waals surface area contributed by atoms with Crippen LogP contribution in [0.5, 0.6) is 0 Å². The van der Waals surface area contributed by atoms with Gasteiger partial charge in [-0.1, -0.05) is 18.2 Å². The smallest absolute Gasteiger partial charge is 0.0995 e. The second-order valence-electron chi connectivity index (χ2n) is 6.74. The summed E-state index contributed by atoms with van der Waals surface area (Å²) in [5, 5.41) is 20.0. The van der Waals surface area contributed by atoms with Crippen LogP contribution in [0.25, 0.3) is 0 Å². The van der Waals surface area contributed by atoms with Gasteiger partial charge in [-0.15, -0.1) is 0 Å². The molecular formula is C18H24N2O2. The molecule has 3 rings (SSSR count). The van der Waals surface area contributed by atoms with Crippen molar-refractivity contribution in [1.82, 2.24) is 4.90 Å². The molecule has 4 heteroatoms. The van der Waals surface area contributed by atoms with Crippen LogP contribution in [0.2, 0.25) is 0 Å². The number of hydrogen-bond donors (Lipinski definition) is 1. The Morgan fingerprint density at radius 3 is 3.05 bits per heavy atom. The maximum atomic E-state index is 10.7. The van der Waals surface area contributed by atoms with E-state index in [4.69, 9.17) is 4.74 Å². The summed E-state index contributed by atoms with van der Waals surface area (Å²) >= 11 is 0. The Balaban J connectivity index is 1.77. The average Bonchev–Trinajstić information content (AvgIpc) is 2.95. The van der Waals surface area contributed by atoms with Gasteiger partial charge in [0.15, 0.2) is 0 Å². The maximum absolute atomic E-state index is 10.7. The van der Waals surface area contributed by atoms with Crippen molar-refractivity contribution in [3.05, 3.63) is 35.4 Å². The lowest BCUT2D eigenvalue weighted by Crippen LogP contribution is -2.52. The fourth-order valence-corrected chi connectivity index (χ4v) is 3.87. The number of nitriles is 1. The van der Waals surface area contributed by atoms with Crippen LogP contribution >= 0.6 is 0 Å². The fourth-order valence-electron chi connectivity index (χ4n) is 3.87. The molecule has 1 aromatic carbocycles. The minimum atomic E-state index is -0.653. The molecule has 1 aromatic rings. The van der Waals surface area contributed by atoms with Gasteiger partial charge in [-0.25, -0.2) is 0 Å². The van der Waals surface area contributed by atoms with E-state index in [0.29, 0.717) is 25.7 Å². The second kappa shape index (κ2) is 6.37. The van der Waals surface area contributed by atoms with Crippen LogP contribution < -0.4 is 0 Å². The summed E-state index contributed by atoms with van der Waals surface area (Å²) in [6.45, 7) is 5.03.